The molecule has 0 atom stereocenters. The number of nitrogens with zero attached hydrogens (tertiary/aromatic N) is 1. The first-order valence-corrected chi connectivity index (χ1v) is 8.49. The molecule has 0 spiro atoms. The number of amides is 2. The van der Waals surface area contributed by atoms with E-state index in [1.54, 1.807) is 25.3 Å². The quantitative estimate of drug-likeness (QED) is 0.688. The monoisotopic (exact) mass is 379 g/mol. The van der Waals surface area contributed by atoms with Crippen LogP contribution in [0.2, 0.25) is 0 Å². The molecule has 0 unspecified atom stereocenters. The van der Waals surface area contributed by atoms with Gasteiger partial charge in [0.25, 0.3) is 11.8 Å². The highest BCUT2D eigenvalue weighted by Gasteiger charge is 2.13. The summed E-state index contributed by atoms with van der Waals surface area (Å²) < 4.78 is 18.8. The van der Waals surface area contributed by atoms with E-state index in [0.717, 1.165) is 11.3 Å². The van der Waals surface area contributed by atoms with Crippen molar-refractivity contribution in [3.05, 3.63) is 89.5 Å². The number of para-hydroxylation sites is 1. The van der Waals surface area contributed by atoms with Gasteiger partial charge in [0.2, 0.25) is 0 Å². The lowest BCUT2D eigenvalue weighted by atomic mass is 10.1. The molecule has 28 heavy (non-hydrogen) atoms. The van der Waals surface area contributed by atoms with E-state index in [4.69, 9.17) is 4.74 Å². The Morgan fingerprint density at radius 1 is 1.00 bits per heavy atom. The van der Waals surface area contributed by atoms with Crippen LogP contribution in [0.25, 0.3) is 0 Å². The lowest BCUT2D eigenvalue weighted by molar-refractivity contribution is 0.0950. The van der Waals surface area contributed by atoms with Gasteiger partial charge in [0.1, 0.15) is 11.6 Å². The average Bonchev–Trinajstić information content (AvgIpc) is 2.74. The highest BCUT2D eigenvalue weighted by molar-refractivity contribution is 6.05. The van der Waals surface area contributed by atoms with Crippen molar-refractivity contribution in [1.29, 1.82) is 0 Å². The molecule has 0 radical (unpaired) electrons. The van der Waals surface area contributed by atoms with Gasteiger partial charge >= 0.3 is 0 Å². The lowest BCUT2D eigenvalue weighted by Gasteiger charge is -2.08. The number of pyridine rings is 1. The molecule has 3 aromatic rings. The molecule has 1 heterocycles. The molecule has 1 aromatic heterocycles. The number of rotatable bonds is 6. The fraction of sp³-hybridized carbons (Fsp3) is 0.0952. The summed E-state index contributed by atoms with van der Waals surface area (Å²) in [4.78, 5) is 28.6. The minimum absolute atomic E-state index is 0.0573. The summed E-state index contributed by atoms with van der Waals surface area (Å²) in [5, 5.41) is 5.23. The van der Waals surface area contributed by atoms with Crippen molar-refractivity contribution >= 4 is 17.5 Å². The standard InChI is InChI=1S/C21H18FN3O3/c1-28-17-8-6-14(7-9-17)11-24-20(26)15-10-16(13-23-12-15)21(27)25-19-5-3-2-4-18(19)22/h2-10,12-13H,11H2,1H3,(H,24,26)(H,25,27). The van der Waals surface area contributed by atoms with Gasteiger partial charge in [-0.05, 0) is 35.9 Å². The lowest BCUT2D eigenvalue weighted by Crippen LogP contribution is -2.23. The molecule has 0 aliphatic carbocycles. The van der Waals surface area contributed by atoms with E-state index in [0.29, 0.717) is 6.54 Å². The Morgan fingerprint density at radius 3 is 2.36 bits per heavy atom. The van der Waals surface area contributed by atoms with Crippen LogP contribution in [0.4, 0.5) is 10.1 Å². The van der Waals surface area contributed by atoms with Gasteiger partial charge in [0, 0.05) is 18.9 Å². The fourth-order valence-electron chi connectivity index (χ4n) is 2.47. The highest BCUT2D eigenvalue weighted by atomic mass is 19.1. The predicted octanol–water partition coefficient (Wildman–Crippen LogP) is 3.41. The second kappa shape index (κ2) is 8.77. The van der Waals surface area contributed by atoms with Crippen molar-refractivity contribution in [3.8, 4) is 5.75 Å². The summed E-state index contributed by atoms with van der Waals surface area (Å²) in [6.45, 7) is 0.314. The van der Waals surface area contributed by atoms with Crippen molar-refractivity contribution in [2.45, 2.75) is 6.54 Å². The molecular weight excluding hydrogens is 361 g/mol. The first-order valence-electron chi connectivity index (χ1n) is 8.49. The van der Waals surface area contributed by atoms with Gasteiger partial charge in [-0.1, -0.05) is 24.3 Å². The Morgan fingerprint density at radius 2 is 1.68 bits per heavy atom. The summed E-state index contributed by atoms with van der Waals surface area (Å²) in [5.74, 6) is -0.740. The van der Waals surface area contributed by atoms with Crippen LogP contribution < -0.4 is 15.4 Å². The third-order valence-corrected chi connectivity index (χ3v) is 4.00. The molecule has 2 N–H and O–H groups in total. The summed E-state index contributed by atoms with van der Waals surface area (Å²) in [7, 11) is 1.58. The molecule has 142 valence electrons. The number of anilines is 1. The number of carbonyl (C=O) groups is 2. The topological polar surface area (TPSA) is 80.3 Å². The molecule has 6 nitrogen and oxygen atoms in total. The smallest absolute Gasteiger partial charge is 0.257 e. The molecule has 0 saturated carbocycles. The number of hydrogen-bond donors (Lipinski definition) is 2. The number of halogens is 1. The van der Waals surface area contributed by atoms with Gasteiger partial charge in [-0.2, -0.15) is 0 Å². The van der Waals surface area contributed by atoms with Crippen molar-refractivity contribution < 1.29 is 18.7 Å². The summed E-state index contributed by atoms with van der Waals surface area (Å²) in [6.07, 6.45) is 2.68. The summed E-state index contributed by atoms with van der Waals surface area (Å²) in [5.41, 5.74) is 1.34. The Hall–Kier alpha value is -3.74. The molecule has 7 heteroatoms. The van der Waals surface area contributed by atoms with Gasteiger partial charge in [-0.3, -0.25) is 14.6 Å². The largest absolute Gasteiger partial charge is 0.497 e. The van der Waals surface area contributed by atoms with E-state index in [1.807, 2.05) is 12.1 Å². The van der Waals surface area contributed by atoms with Crippen molar-refractivity contribution in [3.63, 3.8) is 0 Å². The third-order valence-electron chi connectivity index (χ3n) is 4.00. The second-order valence-electron chi connectivity index (χ2n) is 5.93. The Balaban J connectivity index is 1.65. The van der Waals surface area contributed by atoms with E-state index >= 15 is 0 Å². The van der Waals surface area contributed by atoms with Crippen LogP contribution in [0.1, 0.15) is 26.3 Å². The SMILES string of the molecule is COc1ccc(CNC(=O)c2cncc(C(=O)Nc3ccccc3F)c2)cc1. The van der Waals surface area contributed by atoms with Crippen LogP contribution in [0.3, 0.4) is 0 Å². The molecule has 2 aromatic carbocycles. The molecule has 2 amide bonds. The Labute approximate surface area is 161 Å². The van der Waals surface area contributed by atoms with Crippen molar-refractivity contribution in [1.82, 2.24) is 10.3 Å². The number of ether oxygens (including phenoxy) is 1. The average molecular weight is 379 g/mol. The predicted molar refractivity (Wildman–Crippen MR) is 103 cm³/mol. The zero-order chi connectivity index (χ0) is 19.9. The maximum absolute atomic E-state index is 13.7. The summed E-state index contributed by atoms with van der Waals surface area (Å²) >= 11 is 0. The van der Waals surface area contributed by atoms with E-state index in [-0.39, 0.29) is 22.7 Å². The number of hydrogen-bond acceptors (Lipinski definition) is 4. The highest BCUT2D eigenvalue weighted by Crippen LogP contribution is 2.15. The van der Waals surface area contributed by atoms with Gasteiger partial charge in [0.05, 0.1) is 23.9 Å². The van der Waals surface area contributed by atoms with Crippen LogP contribution in [-0.2, 0) is 6.54 Å². The molecule has 0 bridgehead atoms. The molecule has 0 aliphatic heterocycles. The third kappa shape index (κ3) is 4.70. The molecule has 0 fully saturated rings. The van der Waals surface area contributed by atoms with Crippen LogP contribution in [0, 0.1) is 5.82 Å². The van der Waals surface area contributed by atoms with E-state index in [1.165, 1.54) is 36.7 Å². The van der Waals surface area contributed by atoms with E-state index in [2.05, 4.69) is 15.6 Å². The minimum atomic E-state index is -0.553. The first-order chi connectivity index (χ1) is 13.6. The van der Waals surface area contributed by atoms with Crippen molar-refractivity contribution in [2.75, 3.05) is 12.4 Å². The number of benzene rings is 2. The zero-order valence-electron chi connectivity index (χ0n) is 15.1. The van der Waals surface area contributed by atoms with Gasteiger partial charge in [0.15, 0.2) is 0 Å². The minimum Gasteiger partial charge on any atom is -0.497 e. The normalized spacial score (nSPS) is 10.2. The number of aromatic nitrogens is 1. The fourth-order valence-corrected chi connectivity index (χ4v) is 2.47. The molecule has 3 rings (SSSR count). The molecule has 0 saturated heterocycles. The number of methoxy groups -OCH3 is 1. The summed E-state index contributed by atoms with van der Waals surface area (Å²) in [6, 6.07) is 14.5. The van der Waals surface area contributed by atoms with Crippen LogP contribution in [-0.4, -0.2) is 23.9 Å². The van der Waals surface area contributed by atoms with Gasteiger partial charge < -0.3 is 15.4 Å². The zero-order valence-corrected chi connectivity index (χ0v) is 15.1. The maximum atomic E-state index is 13.7. The first kappa shape index (κ1) is 19.0. The number of carbonyl (C=O) groups excluding carboxylic acids is 2. The molecule has 0 aliphatic rings. The Bertz CT molecular complexity index is 990. The molecular formula is C21H18FN3O3. The number of nitrogens with one attached hydrogen (secondary N) is 2. The Kier molecular flexibility index (Phi) is 5.96. The van der Waals surface area contributed by atoms with Crippen LogP contribution >= 0.6 is 0 Å². The van der Waals surface area contributed by atoms with E-state index < -0.39 is 11.7 Å². The van der Waals surface area contributed by atoms with Crippen LogP contribution in [0.15, 0.2) is 67.0 Å². The maximum Gasteiger partial charge on any atom is 0.257 e. The van der Waals surface area contributed by atoms with Gasteiger partial charge in [-0.25, -0.2) is 4.39 Å². The van der Waals surface area contributed by atoms with Crippen molar-refractivity contribution in [2.24, 2.45) is 0 Å². The second-order valence-corrected chi connectivity index (χ2v) is 5.93. The van der Waals surface area contributed by atoms with Gasteiger partial charge in [-0.15, -0.1) is 0 Å². The van der Waals surface area contributed by atoms with Crippen LogP contribution in [0.5, 0.6) is 5.75 Å². The van der Waals surface area contributed by atoms with E-state index in [9.17, 15) is 14.0 Å².